The van der Waals surface area contributed by atoms with Gasteiger partial charge in [-0.2, -0.15) is 0 Å². The van der Waals surface area contributed by atoms with E-state index in [4.69, 9.17) is 16.3 Å². The summed E-state index contributed by atoms with van der Waals surface area (Å²) in [6.07, 6.45) is 1.96. The van der Waals surface area contributed by atoms with Crippen LogP contribution in [0.3, 0.4) is 0 Å². The lowest BCUT2D eigenvalue weighted by atomic mass is 10.1. The number of hydrogen-bond acceptors (Lipinski definition) is 2. The fraction of sp³-hybridized carbons (Fsp3) is 0.417. The largest absolute Gasteiger partial charge is 0.379 e. The van der Waals surface area contributed by atoms with E-state index in [0.29, 0.717) is 21.7 Å². The lowest BCUT2D eigenvalue weighted by Gasteiger charge is -2.23. The van der Waals surface area contributed by atoms with Crippen LogP contribution in [0.2, 0.25) is 5.02 Å². The van der Waals surface area contributed by atoms with E-state index in [9.17, 15) is 4.79 Å². The van der Waals surface area contributed by atoms with Gasteiger partial charge in [0.05, 0.1) is 18.2 Å². The van der Waals surface area contributed by atoms with Crippen molar-refractivity contribution in [3.8, 4) is 0 Å². The van der Waals surface area contributed by atoms with Crippen LogP contribution < -0.4 is 5.32 Å². The number of amides is 1. The van der Waals surface area contributed by atoms with Gasteiger partial charge in [0.25, 0.3) is 5.91 Å². The molecule has 0 radical (unpaired) electrons. The van der Waals surface area contributed by atoms with E-state index < -0.39 is 0 Å². The van der Waals surface area contributed by atoms with Crippen LogP contribution in [0.25, 0.3) is 0 Å². The zero-order chi connectivity index (χ0) is 12.3. The average Bonchev–Trinajstić information content (AvgIpc) is 2.30. The Morgan fingerprint density at radius 1 is 1.53 bits per heavy atom. The van der Waals surface area contributed by atoms with Gasteiger partial charge in [-0.3, -0.25) is 4.79 Å². The van der Waals surface area contributed by atoms with Crippen molar-refractivity contribution in [1.29, 1.82) is 0 Å². The molecule has 2 rings (SSSR count). The summed E-state index contributed by atoms with van der Waals surface area (Å²) in [5, 5.41) is 3.56. The second-order valence-electron chi connectivity index (χ2n) is 4.01. The maximum Gasteiger partial charge on any atom is 0.252 e. The molecule has 1 N–H and O–H groups in total. The Bertz CT molecular complexity index is 419. The van der Waals surface area contributed by atoms with Gasteiger partial charge in [0.2, 0.25) is 0 Å². The van der Waals surface area contributed by atoms with Gasteiger partial charge in [-0.05, 0) is 47.0 Å². The summed E-state index contributed by atoms with van der Waals surface area (Å²) in [4.78, 5) is 12.0. The Hall–Kier alpha value is -0.580. The van der Waals surface area contributed by atoms with Crippen LogP contribution >= 0.6 is 27.5 Å². The monoisotopic (exact) mass is 317 g/mol. The number of carbonyl (C=O) groups is 1. The molecule has 3 nitrogen and oxygen atoms in total. The molecular formula is C12H13BrClNO2. The number of halogens is 2. The second kappa shape index (κ2) is 5.85. The van der Waals surface area contributed by atoms with E-state index in [1.54, 1.807) is 18.2 Å². The van der Waals surface area contributed by atoms with E-state index in [0.717, 1.165) is 19.4 Å². The van der Waals surface area contributed by atoms with Crippen molar-refractivity contribution in [2.24, 2.45) is 0 Å². The topological polar surface area (TPSA) is 38.3 Å². The maximum atomic E-state index is 12.0. The van der Waals surface area contributed by atoms with Gasteiger partial charge in [-0.25, -0.2) is 0 Å². The van der Waals surface area contributed by atoms with Gasteiger partial charge < -0.3 is 10.1 Å². The first-order chi connectivity index (χ1) is 8.16. The summed E-state index contributed by atoms with van der Waals surface area (Å²) in [6.45, 7) is 1.38. The number of benzene rings is 1. The smallest absolute Gasteiger partial charge is 0.252 e. The van der Waals surface area contributed by atoms with Crippen molar-refractivity contribution in [2.45, 2.75) is 18.9 Å². The molecule has 0 aliphatic carbocycles. The number of hydrogen-bond donors (Lipinski definition) is 1. The number of carbonyl (C=O) groups excluding carboxylic acids is 1. The number of nitrogens with one attached hydrogen (secondary N) is 1. The van der Waals surface area contributed by atoms with Crippen molar-refractivity contribution in [3.63, 3.8) is 0 Å². The Kier molecular flexibility index (Phi) is 4.42. The SMILES string of the molecule is O=C(NC1CCCOC1)c1ccc(Cl)cc1Br. The Morgan fingerprint density at radius 3 is 3.00 bits per heavy atom. The molecule has 1 aliphatic heterocycles. The van der Waals surface area contributed by atoms with Gasteiger partial charge >= 0.3 is 0 Å². The van der Waals surface area contributed by atoms with Crippen LogP contribution in [-0.2, 0) is 4.74 Å². The quantitative estimate of drug-likeness (QED) is 0.910. The van der Waals surface area contributed by atoms with Crippen molar-refractivity contribution >= 4 is 33.4 Å². The minimum absolute atomic E-state index is 0.0935. The minimum atomic E-state index is -0.0935. The number of rotatable bonds is 2. The summed E-state index contributed by atoms with van der Waals surface area (Å²) >= 11 is 9.17. The first-order valence-corrected chi connectivity index (χ1v) is 6.67. The summed E-state index contributed by atoms with van der Waals surface area (Å²) in [6, 6.07) is 5.25. The third-order valence-corrected chi connectivity index (χ3v) is 3.56. The first-order valence-electron chi connectivity index (χ1n) is 5.50. The molecule has 1 heterocycles. The molecule has 1 aromatic rings. The lowest BCUT2D eigenvalue weighted by molar-refractivity contribution is 0.0624. The molecule has 1 amide bonds. The van der Waals surface area contributed by atoms with Crippen molar-refractivity contribution < 1.29 is 9.53 Å². The summed E-state index contributed by atoms with van der Waals surface area (Å²) in [5.41, 5.74) is 0.597. The first kappa shape index (κ1) is 12.9. The summed E-state index contributed by atoms with van der Waals surface area (Å²) in [5.74, 6) is -0.0935. The van der Waals surface area contributed by atoms with Crippen molar-refractivity contribution in [1.82, 2.24) is 5.32 Å². The molecule has 1 atom stereocenters. The zero-order valence-electron chi connectivity index (χ0n) is 9.21. The molecule has 1 aromatic carbocycles. The van der Waals surface area contributed by atoms with Gasteiger partial charge in [0.15, 0.2) is 0 Å². The normalized spacial score (nSPS) is 20.0. The predicted octanol–water partition coefficient (Wildman–Crippen LogP) is 3.01. The zero-order valence-corrected chi connectivity index (χ0v) is 11.6. The highest BCUT2D eigenvalue weighted by atomic mass is 79.9. The molecule has 1 aliphatic rings. The average molecular weight is 319 g/mol. The van der Waals surface area contributed by atoms with Crippen LogP contribution in [0.5, 0.6) is 0 Å². The predicted molar refractivity (Wildman–Crippen MR) is 70.5 cm³/mol. The second-order valence-corrected chi connectivity index (χ2v) is 5.30. The Balaban J connectivity index is 2.03. The Morgan fingerprint density at radius 2 is 2.35 bits per heavy atom. The lowest BCUT2D eigenvalue weighted by Crippen LogP contribution is -2.40. The van der Waals surface area contributed by atoms with Crippen molar-refractivity contribution in [3.05, 3.63) is 33.3 Å². The maximum absolute atomic E-state index is 12.0. The van der Waals surface area contributed by atoms with Gasteiger partial charge in [-0.1, -0.05) is 11.6 Å². The Labute approximate surface area is 114 Å². The molecule has 0 spiro atoms. The van der Waals surface area contributed by atoms with Gasteiger partial charge in [0, 0.05) is 16.1 Å². The fourth-order valence-corrected chi connectivity index (χ4v) is 2.65. The summed E-state index contributed by atoms with van der Waals surface area (Å²) in [7, 11) is 0. The molecule has 17 heavy (non-hydrogen) atoms. The highest BCUT2D eigenvalue weighted by Crippen LogP contribution is 2.21. The standard InChI is InChI=1S/C12H13BrClNO2/c13-11-6-8(14)3-4-10(11)12(16)15-9-2-1-5-17-7-9/h3-4,6,9H,1-2,5,7H2,(H,15,16). The number of ether oxygens (including phenoxy) is 1. The third kappa shape index (κ3) is 3.44. The van der Waals surface area contributed by atoms with E-state index in [2.05, 4.69) is 21.2 Å². The highest BCUT2D eigenvalue weighted by molar-refractivity contribution is 9.10. The van der Waals surface area contributed by atoms with Crippen LogP contribution in [0.15, 0.2) is 22.7 Å². The molecule has 1 saturated heterocycles. The molecule has 0 saturated carbocycles. The van der Waals surface area contributed by atoms with Crippen LogP contribution in [0.1, 0.15) is 23.2 Å². The molecule has 0 aromatic heterocycles. The molecule has 1 unspecified atom stereocenters. The van der Waals surface area contributed by atoms with Crippen LogP contribution in [-0.4, -0.2) is 25.2 Å². The minimum Gasteiger partial charge on any atom is -0.379 e. The molecule has 92 valence electrons. The van der Waals surface area contributed by atoms with E-state index in [1.165, 1.54) is 0 Å². The molecule has 1 fully saturated rings. The fourth-order valence-electron chi connectivity index (χ4n) is 1.79. The molecular weight excluding hydrogens is 305 g/mol. The molecule has 0 bridgehead atoms. The van der Waals surface area contributed by atoms with Crippen LogP contribution in [0, 0.1) is 0 Å². The van der Waals surface area contributed by atoms with Crippen LogP contribution in [0.4, 0.5) is 0 Å². The van der Waals surface area contributed by atoms with E-state index >= 15 is 0 Å². The third-order valence-electron chi connectivity index (χ3n) is 2.67. The summed E-state index contributed by atoms with van der Waals surface area (Å²) < 4.78 is 6.03. The van der Waals surface area contributed by atoms with E-state index in [-0.39, 0.29) is 11.9 Å². The highest BCUT2D eigenvalue weighted by Gasteiger charge is 2.18. The van der Waals surface area contributed by atoms with Gasteiger partial charge in [0.1, 0.15) is 0 Å². The van der Waals surface area contributed by atoms with E-state index in [1.807, 2.05) is 0 Å². The van der Waals surface area contributed by atoms with Gasteiger partial charge in [-0.15, -0.1) is 0 Å². The van der Waals surface area contributed by atoms with Crippen molar-refractivity contribution in [2.75, 3.05) is 13.2 Å². The molecule has 5 heteroatoms.